The minimum absolute atomic E-state index is 0.721. The number of benzene rings is 3. The number of aliphatic hydroxyl groups is 1. The maximum atomic E-state index is 10.3. The molecule has 2 heterocycles. The lowest BCUT2D eigenvalue weighted by atomic mass is 9.82. The van der Waals surface area contributed by atoms with Crippen LogP contribution in [0.4, 0.5) is 0 Å². The maximum absolute atomic E-state index is 10.3. The average molecular weight is 410 g/mol. The predicted molar refractivity (Wildman–Crippen MR) is 126 cm³/mol. The van der Waals surface area contributed by atoms with E-state index >= 15 is 0 Å². The molecule has 31 heavy (non-hydrogen) atoms. The van der Waals surface area contributed by atoms with E-state index in [0.29, 0.717) is 0 Å². The van der Waals surface area contributed by atoms with E-state index in [1.54, 1.807) is 21.3 Å². The lowest BCUT2D eigenvalue weighted by Crippen LogP contribution is -2.49. The monoisotopic (exact) mass is 410 g/mol. The van der Waals surface area contributed by atoms with E-state index in [1.165, 1.54) is 0 Å². The quantitative estimate of drug-likeness (QED) is 0.441. The lowest BCUT2D eigenvalue weighted by molar-refractivity contribution is -0.0893. The van der Waals surface area contributed by atoms with Crippen molar-refractivity contribution in [3.63, 3.8) is 0 Å². The first kappa shape index (κ1) is 19.9. The van der Waals surface area contributed by atoms with Crippen molar-refractivity contribution in [3.8, 4) is 5.69 Å². The zero-order valence-corrected chi connectivity index (χ0v) is 18.2. The highest BCUT2D eigenvalue weighted by molar-refractivity contribution is 6.47. The number of para-hydroxylation sites is 3. The fraction of sp³-hybridized carbons (Fsp3) is 0.240. The molecule has 0 aliphatic rings. The highest BCUT2D eigenvalue weighted by atomic mass is 16.5. The maximum Gasteiger partial charge on any atom is 0.330 e. The number of fused-ring (bicyclic) bond motifs is 5. The zero-order valence-electron chi connectivity index (χ0n) is 18.2. The molecule has 6 heteroatoms. The molecule has 155 valence electrons. The van der Waals surface area contributed by atoms with Gasteiger partial charge >= 0.3 is 7.48 Å². The molecule has 1 radical (unpaired) electrons. The Morgan fingerprint density at radius 3 is 2.23 bits per heavy atom. The van der Waals surface area contributed by atoms with Crippen LogP contribution in [0, 0.1) is 0 Å². The molecule has 1 N–H and O–H groups in total. The van der Waals surface area contributed by atoms with Crippen molar-refractivity contribution in [1.82, 2.24) is 14.0 Å². The largest absolute Gasteiger partial charge is 0.427 e. The molecule has 0 spiro atoms. The van der Waals surface area contributed by atoms with Crippen molar-refractivity contribution in [1.29, 1.82) is 0 Å². The van der Waals surface area contributed by atoms with Crippen LogP contribution in [0.25, 0.3) is 33.5 Å². The highest BCUT2D eigenvalue weighted by Gasteiger charge is 2.35. The van der Waals surface area contributed by atoms with E-state index in [1.807, 2.05) is 44.2 Å². The number of nitrogens with zero attached hydrogens (tertiary/aromatic N) is 3. The van der Waals surface area contributed by atoms with Gasteiger partial charge in [-0.05, 0) is 64.1 Å². The number of hydrogen-bond donors (Lipinski definition) is 1. The van der Waals surface area contributed by atoms with Crippen LogP contribution in [0.3, 0.4) is 0 Å². The third-order valence-electron chi connectivity index (χ3n) is 6.20. The molecule has 0 fully saturated rings. The van der Waals surface area contributed by atoms with Gasteiger partial charge in [-0.2, -0.15) is 0 Å². The minimum Gasteiger partial charge on any atom is -0.427 e. The molecule has 0 saturated heterocycles. The minimum atomic E-state index is -0.969. The Kier molecular flexibility index (Phi) is 4.47. The number of aromatic nitrogens is 3. The van der Waals surface area contributed by atoms with Gasteiger partial charge in [0.15, 0.2) is 0 Å². The van der Waals surface area contributed by atoms with Gasteiger partial charge in [0.1, 0.15) is 0 Å². The van der Waals surface area contributed by atoms with Gasteiger partial charge < -0.3 is 9.76 Å². The summed E-state index contributed by atoms with van der Waals surface area (Å²) in [5, 5.41) is 10.3. The van der Waals surface area contributed by atoms with Gasteiger partial charge in [-0.1, -0.05) is 41.9 Å². The normalized spacial score (nSPS) is 12.8. The van der Waals surface area contributed by atoms with E-state index in [4.69, 9.17) is 9.64 Å². The Morgan fingerprint density at radius 1 is 0.839 bits per heavy atom. The molecule has 3 aromatic carbocycles. The van der Waals surface area contributed by atoms with Crippen LogP contribution in [-0.2, 0) is 4.65 Å². The van der Waals surface area contributed by atoms with E-state index in [-0.39, 0.29) is 0 Å². The SMILES string of the molecule is CC(C)(O)C(C)(C)O[B]c1ccc2c(c1)nc1n(-c3ccccc3)c3ccccc3n21. The van der Waals surface area contributed by atoms with Crippen LogP contribution in [0.15, 0.2) is 72.8 Å². The van der Waals surface area contributed by atoms with E-state index in [0.717, 1.165) is 39.0 Å². The van der Waals surface area contributed by atoms with E-state index in [2.05, 4.69) is 51.4 Å². The predicted octanol–water partition coefficient (Wildman–Crippen LogP) is 4.24. The first-order chi connectivity index (χ1) is 14.8. The Labute approximate surface area is 182 Å². The molecule has 5 aromatic rings. The third kappa shape index (κ3) is 3.23. The highest BCUT2D eigenvalue weighted by Crippen LogP contribution is 2.29. The lowest BCUT2D eigenvalue weighted by Gasteiger charge is -2.37. The van der Waals surface area contributed by atoms with Crippen LogP contribution in [-0.4, -0.2) is 37.7 Å². The van der Waals surface area contributed by atoms with Gasteiger partial charge in [0.2, 0.25) is 5.78 Å². The molecule has 0 aliphatic heterocycles. The molecule has 0 atom stereocenters. The second-order valence-corrected chi connectivity index (χ2v) is 8.96. The third-order valence-corrected chi connectivity index (χ3v) is 6.20. The van der Waals surface area contributed by atoms with E-state index < -0.39 is 11.2 Å². The zero-order chi connectivity index (χ0) is 21.8. The standard InChI is InChI=1S/C25H25BN3O2/c1-24(2,30)25(3,4)31-26-17-14-15-20-19(16-17)27-23-28(18-10-6-5-7-11-18)21-12-8-9-13-22(21)29(20)23/h5-16,30H,1-4H3. The van der Waals surface area contributed by atoms with Crippen molar-refractivity contribution in [2.75, 3.05) is 0 Å². The summed E-state index contributed by atoms with van der Waals surface area (Å²) in [6.45, 7) is 7.25. The molecule has 0 saturated carbocycles. The summed E-state index contributed by atoms with van der Waals surface area (Å²) in [6.07, 6.45) is 0. The summed E-state index contributed by atoms with van der Waals surface area (Å²) >= 11 is 0. The Balaban J connectivity index is 1.64. The first-order valence-corrected chi connectivity index (χ1v) is 10.5. The van der Waals surface area contributed by atoms with Gasteiger partial charge in [-0.15, -0.1) is 0 Å². The summed E-state index contributed by atoms with van der Waals surface area (Å²) in [5.74, 6) is 0.872. The smallest absolute Gasteiger partial charge is 0.330 e. The fourth-order valence-electron chi connectivity index (χ4n) is 3.69. The first-order valence-electron chi connectivity index (χ1n) is 10.5. The Hall–Kier alpha value is -3.09. The second kappa shape index (κ2) is 6.97. The van der Waals surface area contributed by atoms with Crippen molar-refractivity contribution in [2.24, 2.45) is 0 Å². The van der Waals surface area contributed by atoms with Gasteiger partial charge in [0.05, 0.1) is 33.3 Å². The summed E-state index contributed by atoms with van der Waals surface area (Å²) < 4.78 is 10.3. The number of rotatable bonds is 5. The molecule has 0 unspecified atom stereocenters. The van der Waals surface area contributed by atoms with Crippen LogP contribution in [0.1, 0.15) is 27.7 Å². The van der Waals surface area contributed by atoms with Crippen LogP contribution >= 0.6 is 0 Å². The van der Waals surface area contributed by atoms with Crippen molar-refractivity contribution >= 4 is 40.8 Å². The topological polar surface area (TPSA) is 51.7 Å². The summed E-state index contributed by atoms with van der Waals surface area (Å²) in [7, 11) is 1.70. The second-order valence-electron chi connectivity index (χ2n) is 8.96. The van der Waals surface area contributed by atoms with Gasteiger partial charge in [0, 0.05) is 5.69 Å². The van der Waals surface area contributed by atoms with Crippen molar-refractivity contribution in [3.05, 3.63) is 72.8 Å². The van der Waals surface area contributed by atoms with Crippen molar-refractivity contribution in [2.45, 2.75) is 38.9 Å². The van der Waals surface area contributed by atoms with Crippen molar-refractivity contribution < 1.29 is 9.76 Å². The molecular weight excluding hydrogens is 385 g/mol. The summed E-state index contributed by atoms with van der Waals surface area (Å²) in [5.41, 5.74) is 4.45. The molecular formula is C25H25BN3O2. The molecule has 2 aromatic heterocycles. The number of hydrogen-bond acceptors (Lipinski definition) is 3. The number of imidazole rings is 2. The van der Waals surface area contributed by atoms with Crippen LogP contribution < -0.4 is 5.46 Å². The molecule has 0 amide bonds. The molecule has 0 bridgehead atoms. The van der Waals surface area contributed by atoms with Crippen LogP contribution in [0.2, 0.25) is 0 Å². The average Bonchev–Trinajstić information content (AvgIpc) is 3.26. The Bertz CT molecular complexity index is 1390. The van der Waals surface area contributed by atoms with Gasteiger partial charge in [-0.3, -0.25) is 8.97 Å². The molecule has 5 rings (SSSR count). The summed E-state index contributed by atoms with van der Waals surface area (Å²) in [4.78, 5) is 4.98. The molecule has 5 nitrogen and oxygen atoms in total. The fourth-order valence-corrected chi connectivity index (χ4v) is 3.69. The Morgan fingerprint density at radius 2 is 1.52 bits per heavy atom. The van der Waals surface area contributed by atoms with Crippen LogP contribution in [0.5, 0.6) is 0 Å². The van der Waals surface area contributed by atoms with Gasteiger partial charge in [-0.25, -0.2) is 4.98 Å². The summed E-state index contributed by atoms with van der Waals surface area (Å²) in [6, 6.07) is 24.8. The molecule has 0 aliphatic carbocycles. The van der Waals surface area contributed by atoms with Gasteiger partial charge in [0.25, 0.3) is 0 Å². The van der Waals surface area contributed by atoms with E-state index in [9.17, 15) is 5.11 Å².